The molecule has 0 saturated carbocycles. The lowest BCUT2D eigenvalue weighted by atomic mass is 10.1. The van der Waals surface area contributed by atoms with Crippen molar-refractivity contribution in [2.75, 3.05) is 30.7 Å². The zero-order chi connectivity index (χ0) is 19.9. The second-order valence-corrected chi connectivity index (χ2v) is 6.71. The summed E-state index contributed by atoms with van der Waals surface area (Å²) in [6.45, 7) is 1.98. The lowest BCUT2D eigenvalue weighted by molar-refractivity contribution is -0.127. The lowest BCUT2D eigenvalue weighted by Gasteiger charge is -2.15. The molecule has 0 aromatic heterocycles. The number of carbonyl (C=O) groups excluding carboxylic acids is 3. The fraction of sp³-hybridized carbons (Fsp3) is 0.286. The molecule has 28 heavy (non-hydrogen) atoms. The molecule has 1 fully saturated rings. The molecule has 3 rings (SSSR count). The van der Waals surface area contributed by atoms with Gasteiger partial charge in [0.25, 0.3) is 11.8 Å². The topological polar surface area (TPSA) is 105 Å². The Balaban J connectivity index is 1.47. The number of carbonyl (C=O) groups is 3. The summed E-state index contributed by atoms with van der Waals surface area (Å²) in [5.41, 5.74) is 7.78. The van der Waals surface area contributed by atoms with Crippen molar-refractivity contribution >= 4 is 29.1 Å². The van der Waals surface area contributed by atoms with E-state index in [1.165, 1.54) is 0 Å². The Kier molecular flexibility index (Phi) is 6.26. The number of benzene rings is 2. The van der Waals surface area contributed by atoms with Crippen molar-refractivity contribution in [2.24, 2.45) is 0 Å². The van der Waals surface area contributed by atoms with Crippen molar-refractivity contribution in [3.05, 3.63) is 59.7 Å². The molecule has 7 nitrogen and oxygen atoms in total. The molecule has 0 unspecified atom stereocenters. The Morgan fingerprint density at radius 3 is 2.32 bits per heavy atom. The van der Waals surface area contributed by atoms with Crippen LogP contribution >= 0.6 is 0 Å². The maximum Gasteiger partial charge on any atom is 0.255 e. The van der Waals surface area contributed by atoms with Crippen LogP contribution in [0, 0.1) is 0 Å². The fourth-order valence-electron chi connectivity index (χ4n) is 3.09. The molecule has 146 valence electrons. The van der Waals surface area contributed by atoms with Crippen molar-refractivity contribution in [1.82, 2.24) is 10.2 Å². The molecule has 3 amide bonds. The highest BCUT2D eigenvalue weighted by Crippen LogP contribution is 2.18. The van der Waals surface area contributed by atoms with Crippen LogP contribution in [0.25, 0.3) is 0 Å². The van der Waals surface area contributed by atoms with Gasteiger partial charge in [0.15, 0.2) is 0 Å². The van der Waals surface area contributed by atoms with E-state index in [0.717, 1.165) is 19.4 Å². The first kappa shape index (κ1) is 19.4. The average molecular weight is 380 g/mol. The SMILES string of the molecule is Nc1ccccc1NC(=O)c1ccc(C(=O)NCCCN2CCCC2=O)cc1. The third kappa shape index (κ3) is 4.88. The van der Waals surface area contributed by atoms with E-state index in [4.69, 9.17) is 5.73 Å². The number of rotatable bonds is 7. The molecular weight excluding hydrogens is 356 g/mol. The quantitative estimate of drug-likeness (QED) is 0.506. The molecule has 2 aromatic carbocycles. The van der Waals surface area contributed by atoms with Gasteiger partial charge in [0, 0.05) is 37.2 Å². The van der Waals surface area contributed by atoms with Gasteiger partial charge in [0.2, 0.25) is 5.91 Å². The normalized spacial score (nSPS) is 13.4. The standard InChI is InChI=1S/C21H24N4O3/c22-17-5-1-2-6-18(17)24-21(28)16-10-8-15(9-11-16)20(27)23-12-4-14-25-13-3-7-19(25)26/h1-2,5-6,8-11H,3-4,7,12-14,22H2,(H,23,27)(H,24,28). The largest absolute Gasteiger partial charge is 0.397 e. The zero-order valence-electron chi connectivity index (χ0n) is 15.6. The predicted octanol–water partition coefficient (Wildman–Crippen LogP) is 2.26. The molecule has 2 aromatic rings. The second kappa shape index (κ2) is 9.03. The molecule has 1 heterocycles. The van der Waals surface area contributed by atoms with Crippen molar-refractivity contribution in [2.45, 2.75) is 19.3 Å². The number of amides is 3. The molecule has 7 heteroatoms. The van der Waals surface area contributed by atoms with E-state index in [-0.39, 0.29) is 17.7 Å². The van der Waals surface area contributed by atoms with E-state index in [1.807, 2.05) is 4.90 Å². The molecular formula is C21H24N4O3. The summed E-state index contributed by atoms with van der Waals surface area (Å²) in [5, 5.41) is 5.59. The van der Waals surface area contributed by atoms with Gasteiger partial charge in [-0.1, -0.05) is 12.1 Å². The van der Waals surface area contributed by atoms with E-state index < -0.39 is 0 Å². The fourth-order valence-corrected chi connectivity index (χ4v) is 3.09. The van der Waals surface area contributed by atoms with Crippen LogP contribution in [0.3, 0.4) is 0 Å². The van der Waals surface area contributed by atoms with E-state index in [9.17, 15) is 14.4 Å². The molecule has 0 radical (unpaired) electrons. The van der Waals surface area contributed by atoms with Gasteiger partial charge in [0.05, 0.1) is 11.4 Å². The van der Waals surface area contributed by atoms with E-state index in [0.29, 0.717) is 42.0 Å². The second-order valence-electron chi connectivity index (χ2n) is 6.71. The van der Waals surface area contributed by atoms with Crippen LogP contribution < -0.4 is 16.4 Å². The van der Waals surface area contributed by atoms with Gasteiger partial charge < -0.3 is 21.3 Å². The number of anilines is 2. The van der Waals surface area contributed by atoms with Gasteiger partial charge in [-0.25, -0.2) is 0 Å². The lowest BCUT2D eigenvalue weighted by Crippen LogP contribution is -2.30. The van der Waals surface area contributed by atoms with Crippen LogP contribution in [-0.2, 0) is 4.79 Å². The summed E-state index contributed by atoms with van der Waals surface area (Å²) in [5.74, 6) is -0.301. The molecule has 0 spiro atoms. The number of nitrogen functional groups attached to an aromatic ring is 1. The molecule has 1 aliphatic rings. The van der Waals surface area contributed by atoms with Crippen molar-refractivity contribution < 1.29 is 14.4 Å². The maximum absolute atomic E-state index is 12.3. The minimum Gasteiger partial charge on any atom is -0.397 e. The number of nitrogens with one attached hydrogen (secondary N) is 2. The van der Waals surface area contributed by atoms with Gasteiger partial charge in [-0.15, -0.1) is 0 Å². The number of nitrogens with two attached hydrogens (primary N) is 1. The average Bonchev–Trinajstić information content (AvgIpc) is 3.11. The summed E-state index contributed by atoms with van der Waals surface area (Å²) < 4.78 is 0. The van der Waals surface area contributed by atoms with Crippen molar-refractivity contribution in [3.63, 3.8) is 0 Å². The van der Waals surface area contributed by atoms with Crippen LogP contribution in [0.5, 0.6) is 0 Å². The van der Waals surface area contributed by atoms with E-state index in [1.54, 1.807) is 48.5 Å². The summed E-state index contributed by atoms with van der Waals surface area (Å²) >= 11 is 0. The summed E-state index contributed by atoms with van der Waals surface area (Å²) in [7, 11) is 0. The van der Waals surface area contributed by atoms with E-state index in [2.05, 4.69) is 10.6 Å². The van der Waals surface area contributed by atoms with Gasteiger partial charge >= 0.3 is 0 Å². The zero-order valence-corrected chi connectivity index (χ0v) is 15.6. The first-order chi connectivity index (χ1) is 13.5. The number of hydrogen-bond donors (Lipinski definition) is 3. The Hall–Kier alpha value is -3.35. The number of likely N-dealkylation sites (tertiary alicyclic amines) is 1. The van der Waals surface area contributed by atoms with Crippen molar-refractivity contribution in [1.29, 1.82) is 0 Å². The van der Waals surface area contributed by atoms with Crippen LogP contribution in [0.15, 0.2) is 48.5 Å². The van der Waals surface area contributed by atoms with Crippen LogP contribution in [-0.4, -0.2) is 42.3 Å². The van der Waals surface area contributed by atoms with Gasteiger partial charge in [0.1, 0.15) is 0 Å². The smallest absolute Gasteiger partial charge is 0.255 e. The highest BCUT2D eigenvalue weighted by Gasteiger charge is 2.19. The third-order valence-electron chi connectivity index (χ3n) is 4.68. The summed E-state index contributed by atoms with van der Waals surface area (Å²) in [6.07, 6.45) is 2.27. The maximum atomic E-state index is 12.3. The Labute approximate surface area is 163 Å². The first-order valence-electron chi connectivity index (χ1n) is 9.36. The number of hydrogen-bond acceptors (Lipinski definition) is 4. The highest BCUT2D eigenvalue weighted by atomic mass is 16.2. The van der Waals surface area contributed by atoms with Crippen molar-refractivity contribution in [3.8, 4) is 0 Å². The van der Waals surface area contributed by atoms with Gasteiger partial charge in [-0.2, -0.15) is 0 Å². The Bertz CT molecular complexity index is 864. The molecule has 4 N–H and O–H groups in total. The van der Waals surface area contributed by atoms with Gasteiger partial charge in [-0.05, 0) is 49.2 Å². The molecule has 0 bridgehead atoms. The molecule has 1 aliphatic heterocycles. The predicted molar refractivity (Wildman–Crippen MR) is 108 cm³/mol. The van der Waals surface area contributed by atoms with Crippen LogP contribution in [0.1, 0.15) is 40.0 Å². The first-order valence-corrected chi connectivity index (χ1v) is 9.36. The molecule has 0 aliphatic carbocycles. The minimum absolute atomic E-state index is 0.192. The van der Waals surface area contributed by atoms with E-state index >= 15 is 0 Å². The number of nitrogens with zero attached hydrogens (tertiary/aromatic N) is 1. The molecule has 0 atom stereocenters. The third-order valence-corrected chi connectivity index (χ3v) is 4.68. The van der Waals surface area contributed by atoms with Crippen LogP contribution in [0.2, 0.25) is 0 Å². The summed E-state index contributed by atoms with van der Waals surface area (Å²) in [6, 6.07) is 13.5. The minimum atomic E-state index is -0.292. The van der Waals surface area contributed by atoms with Crippen LogP contribution in [0.4, 0.5) is 11.4 Å². The molecule has 1 saturated heterocycles. The summed E-state index contributed by atoms with van der Waals surface area (Å²) in [4.78, 5) is 37.9. The van der Waals surface area contributed by atoms with Gasteiger partial charge in [-0.3, -0.25) is 14.4 Å². The highest BCUT2D eigenvalue weighted by molar-refractivity contribution is 6.06. The number of para-hydroxylation sites is 2. The Morgan fingerprint density at radius 2 is 1.68 bits per heavy atom. The Morgan fingerprint density at radius 1 is 1.00 bits per heavy atom. The monoisotopic (exact) mass is 380 g/mol.